The number of carboxylic acid groups (broad SMARTS) is 1. The number of carboxylic acids is 1. The molecule has 49 heavy (non-hydrogen) atoms. The fourth-order valence-corrected chi connectivity index (χ4v) is 5.22. The summed E-state index contributed by atoms with van der Waals surface area (Å²) in [5, 5.41) is 9.33. The highest BCUT2D eigenvalue weighted by Crippen LogP contribution is 2.41. The minimum absolute atomic E-state index is 0.0195. The molecule has 4 aromatic carbocycles. The highest BCUT2D eigenvalue weighted by atomic mass is 19.4. The van der Waals surface area contributed by atoms with E-state index in [1.807, 2.05) is 0 Å². The van der Waals surface area contributed by atoms with Crippen LogP contribution in [0.5, 0.6) is 5.75 Å². The van der Waals surface area contributed by atoms with Crippen LogP contribution in [0.3, 0.4) is 0 Å². The van der Waals surface area contributed by atoms with Crippen molar-refractivity contribution < 1.29 is 63.7 Å². The number of benzene rings is 4. The van der Waals surface area contributed by atoms with E-state index in [0.717, 1.165) is 19.2 Å². The quantitative estimate of drug-likeness (QED) is 0.185. The van der Waals surface area contributed by atoms with Crippen molar-refractivity contribution in [1.82, 2.24) is 4.90 Å². The zero-order valence-corrected chi connectivity index (χ0v) is 25.8. The molecule has 0 aliphatic heterocycles. The van der Waals surface area contributed by atoms with Crippen molar-refractivity contribution in [2.75, 3.05) is 14.2 Å². The normalized spacial score (nSPS) is 12.1. The Hall–Kier alpha value is -5.21. The van der Waals surface area contributed by atoms with E-state index in [1.54, 1.807) is 25.1 Å². The van der Waals surface area contributed by atoms with Gasteiger partial charge in [0.2, 0.25) is 0 Å². The Labute approximate surface area is 273 Å². The third kappa shape index (κ3) is 8.45. The smallest absolute Gasteiger partial charge is 0.416 e. The van der Waals surface area contributed by atoms with Crippen LogP contribution in [0, 0.1) is 6.92 Å². The summed E-state index contributed by atoms with van der Waals surface area (Å²) in [6.45, 7) is 0.00630. The predicted octanol–water partition coefficient (Wildman–Crippen LogP) is 9.86. The van der Waals surface area contributed by atoms with E-state index in [4.69, 9.17) is 9.47 Å². The van der Waals surface area contributed by atoms with Gasteiger partial charge < -0.3 is 14.6 Å². The number of amides is 1. The number of methoxy groups -OCH3 is 2. The maximum absolute atomic E-state index is 13.9. The third-order valence-electron chi connectivity index (χ3n) is 7.52. The molecule has 0 aliphatic rings. The lowest BCUT2D eigenvalue weighted by Gasteiger charge is -2.25. The van der Waals surface area contributed by atoms with E-state index in [2.05, 4.69) is 0 Å². The average Bonchev–Trinajstić information content (AvgIpc) is 3.02. The van der Waals surface area contributed by atoms with Gasteiger partial charge in [0.25, 0.3) is 0 Å². The van der Waals surface area contributed by atoms with Crippen LogP contribution in [0.15, 0.2) is 72.8 Å². The summed E-state index contributed by atoms with van der Waals surface area (Å²) < 4.78 is 133. The van der Waals surface area contributed by atoms with Crippen LogP contribution in [0.2, 0.25) is 0 Å². The molecule has 260 valence electrons. The molecule has 1 amide bonds. The molecule has 4 rings (SSSR count). The molecule has 0 aromatic heterocycles. The van der Waals surface area contributed by atoms with Crippen molar-refractivity contribution >= 4 is 12.1 Å². The maximum Gasteiger partial charge on any atom is 0.416 e. The Morgan fingerprint density at radius 2 is 1.27 bits per heavy atom. The number of carbonyl (C=O) groups is 2. The molecular weight excluding hydrogens is 673 g/mol. The molecule has 0 bridgehead atoms. The molecule has 0 fully saturated rings. The predicted molar refractivity (Wildman–Crippen MR) is 159 cm³/mol. The number of hydrogen-bond donors (Lipinski definition) is 1. The number of halogens is 9. The summed E-state index contributed by atoms with van der Waals surface area (Å²) in [7, 11) is 2.18. The van der Waals surface area contributed by atoms with Gasteiger partial charge in [-0.2, -0.15) is 39.5 Å². The zero-order chi connectivity index (χ0) is 36.5. The fourth-order valence-electron chi connectivity index (χ4n) is 5.22. The zero-order valence-electron chi connectivity index (χ0n) is 25.8. The highest BCUT2D eigenvalue weighted by Gasteiger charge is 2.37. The molecule has 6 nitrogen and oxygen atoms in total. The van der Waals surface area contributed by atoms with E-state index < -0.39 is 65.9 Å². The first kappa shape index (κ1) is 36.6. The van der Waals surface area contributed by atoms with Crippen molar-refractivity contribution in [2.24, 2.45) is 0 Å². The molecule has 0 saturated carbocycles. The van der Waals surface area contributed by atoms with E-state index in [9.17, 15) is 54.2 Å². The van der Waals surface area contributed by atoms with Gasteiger partial charge in [-0.3, -0.25) is 4.90 Å². The number of aryl methyl sites for hydroxylation is 1. The van der Waals surface area contributed by atoms with E-state index in [0.29, 0.717) is 39.8 Å². The molecular formula is C34H26F9NO5. The first-order valence-electron chi connectivity index (χ1n) is 14.1. The molecule has 0 unspecified atom stereocenters. The lowest BCUT2D eigenvalue weighted by atomic mass is 9.91. The van der Waals surface area contributed by atoms with Crippen molar-refractivity contribution in [2.45, 2.75) is 38.5 Å². The Kier molecular flexibility index (Phi) is 10.3. The highest BCUT2D eigenvalue weighted by molar-refractivity contribution is 5.89. The van der Waals surface area contributed by atoms with Gasteiger partial charge in [0.05, 0.1) is 36.5 Å². The van der Waals surface area contributed by atoms with Gasteiger partial charge in [0, 0.05) is 18.7 Å². The van der Waals surface area contributed by atoms with E-state index in [-0.39, 0.29) is 34.1 Å². The molecule has 15 heteroatoms. The van der Waals surface area contributed by atoms with Crippen molar-refractivity contribution in [1.29, 1.82) is 0 Å². The number of ether oxygens (including phenoxy) is 2. The number of carbonyl (C=O) groups excluding carboxylic acids is 1. The summed E-state index contributed by atoms with van der Waals surface area (Å²) in [4.78, 5) is 24.9. The standard InChI is InChI=1S/C34H26F9NO5/c1-18-10-21(30(45)46)4-7-26(18)20-5-9-29(48-2)28(14-20)27-8-6-23(32(35,36)37)13-22(27)17-44(31(47)49-3)16-19-11-24(33(38,39)40)15-25(12-19)34(41,42)43/h4-15H,16-17H2,1-3H3,(H,45,46). The minimum Gasteiger partial charge on any atom is -0.496 e. The molecule has 0 radical (unpaired) electrons. The molecule has 0 atom stereocenters. The third-order valence-corrected chi connectivity index (χ3v) is 7.52. The maximum atomic E-state index is 13.9. The number of nitrogens with zero attached hydrogens (tertiary/aromatic N) is 1. The Bertz CT molecular complexity index is 1850. The molecule has 0 saturated heterocycles. The van der Waals surface area contributed by atoms with Crippen molar-refractivity contribution in [3.63, 3.8) is 0 Å². The SMILES string of the molecule is COC(=O)N(Cc1cc(C(F)(F)F)cc(C(F)(F)F)c1)Cc1cc(C(F)(F)F)ccc1-c1cc(-c2ccc(C(=O)O)cc2C)ccc1OC. The van der Waals surface area contributed by atoms with Gasteiger partial charge in [-0.1, -0.05) is 18.2 Å². The average molecular weight is 700 g/mol. The fraction of sp³-hybridized carbons (Fsp3) is 0.235. The monoisotopic (exact) mass is 699 g/mol. The Morgan fingerprint density at radius 3 is 1.78 bits per heavy atom. The Balaban J connectivity index is 1.88. The molecule has 0 heterocycles. The van der Waals surface area contributed by atoms with Gasteiger partial charge >= 0.3 is 30.6 Å². The second-order valence-electron chi connectivity index (χ2n) is 10.9. The van der Waals surface area contributed by atoms with Crippen LogP contribution in [-0.4, -0.2) is 36.3 Å². The van der Waals surface area contributed by atoms with Gasteiger partial charge in [-0.05, 0) is 94.9 Å². The second-order valence-corrected chi connectivity index (χ2v) is 10.9. The summed E-state index contributed by atoms with van der Waals surface area (Å²) in [5.41, 5.74) is -3.29. The summed E-state index contributed by atoms with van der Waals surface area (Å²) in [6.07, 6.45) is -16.5. The van der Waals surface area contributed by atoms with Crippen LogP contribution in [0.4, 0.5) is 44.3 Å². The van der Waals surface area contributed by atoms with Gasteiger partial charge in [-0.15, -0.1) is 0 Å². The largest absolute Gasteiger partial charge is 0.496 e. The van der Waals surface area contributed by atoms with Crippen LogP contribution >= 0.6 is 0 Å². The van der Waals surface area contributed by atoms with Crippen LogP contribution in [-0.2, 0) is 36.4 Å². The lowest BCUT2D eigenvalue weighted by molar-refractivity contribution is -0.143. The lowest BCUT2D eigenvalue weighted by Crippen LogP contribution is -2.30. The van der Waals surface area contributed by atoms with E-state index in [1.165, 1.54) is 25.3 Å². The topological polar surface area (TPSA) is 76.1 Å². The number of hydrogen-bond acceptors (Lipinski definition) is 4. The Morgan fingerprint density at radius 1 is 0.673 bits per heavy atom. The van der Waals surface area contributed by atoms with Crippen molar-refractivity contribution in [3.8, 4) is 28.0 Å². The molecule has 1 N–H and O–H groups in total. The van der Waals surface area contributed by atoms with Crippen molar-refractivity contribution in [3.05, 3.63) is 112 Å². The second kappa shape index (κ2) is 13.7. The molecule has 4 aromatic rings. The summed E-state index contributed by atoms with van der Waals surface area (Å²) >= 11 is 0. The number of aromatic carboxylic acids is 1. The summed E-state index contributed by atoms with van der Waals surface area (Å²) in [5.74, 6) is -0.990. The molecule has 0 aliphatic carbocycles. The van der Waals surface area contributed by atoms with Gasteiger partial charge in [-0.25, -0.2) is 9.59 Å². The van der Waals surface area contributed by atoms with E-state index >= 15 is 0 Å². The first-order valence-corrected chi connectivity index (χ1v) is 14.1. The number of rotatable bonds is 8. The van der Waals surface area contributed by atoms with Gasteiger partial charge in [0.15, 0.2) is 0 Å². The first-order chi connectivity index (χ1) is 22.7. The minimum atomic E-state index is -5.19. The van der Waals surface area contributed by atoms with Crippen LogP contribution in [0.1, 0.15) is 43.7 Å². The molecule has 0 spiro atoms. The summed E-state index contributed by atoms with van der Waals surface area (Å²) in [6, 6.07) is 12.3. The van der Waals surface area contributed by atoms with Crippen LogP contribution in [0.25, 0.3) is 22.3 Å². The van der Waals surface area contributed by atoms with Gasteiger partial charge in [0.1, 0.15) is 5.75 Å². The number of alkyl halides is 9. The van der Waals surface area contributed by atoms with Crippen LogP contribution < -0.4 is 4.74 Å².